The number of imidazole rings is 1. The largest absolute Gasteiger partial charge is 0.435 e. The Morgan fingerprint density at radius 3 is 2.17 bits per heavy atom. The van der Waals surface area contributed by atoms with Gasteiger partial charge in [0.05, 0.1) is 16.6 Å². The Morgan fingerprint density at radius 1 is 0.833 bits per heavy atom. The zero-order chi connectivity index (χ0) is 25.0. The molecule has 0 aliphatic rings. The first-order valence-corrected chi connectivity index (χ1v) is 11.2. The van der Waals surface area contributed by atoms with Crippen LogP contribution in [0.1, 0.15) is 11.4 Å². The SMILES string of the molecule is Cc1[nH]c2c(-c3ccccc3)c(C(F)(F)F)nn2c(=O)c1-c1nc2ccccc2n1-c1ccccc1. The van der Waals surface area contributed by atoms with Gasteiger partial charge in [0.1, 0.15) is 11.2 Å². The maximum Gasteiger partial charge on any atom is 0.435 e. The zero-order valence-electron chi connectivity index (χ0n) is 18.9. The molecule has 0 spiro atoms. The number of nitrogens with zero attached hydrogens (tertiary/aromatic N) is 4. The second-order valence-electron chi connectivity index (χ2n) is 8.37. The molecule has 6 aromatic rings. The van der Waals surface area contributed by atoms with Crippen LogP contribution in [0.2, 0.25) is 0 Å². The van der Waals surface area contributed by atoms with Crippen LogP contribution in [0.15, 0.2) is 89.7 Å². The number of aryl methyl sites for hydroxylation is 1. The lowest BCUT2D eigenvalue weighted by atomic mass is 10.1. The van der Waals surface area contributed by atoms with Gasteiger partial charge in [0.25, 0.3) is 5.56 Å². The highest BCUT2D eigenvalue weighted by molar-refractivity contribution is 5.85. The Hall–Kier alpha value is -4.66. The average molecular weight is 485 g/mol. The topological polar surface area (TPSA) is 68.0 Å². The number of aromatic amines is 1. The minimum atomic E-state index is -4.76. The van der Waals surface area contributed by atoms with E-state index in [1.807, 2.05) is 59.2 Å². The quantitative estimate of drug-likeness (QED) is 0.333. The van der Waals surface area contributed by atoms with Crippen LogP contribution in [0.25, 0.3) is 44.9 Å². The van der Waals surface area contributed by atoms with E-state index in [1.54, 1.807) is 37.3 Å². The van der Waals surface area contributed by atoms with E-state index in [0.29, 0.717) is 22.6 Å². The van der Waals surface area contributed by atoms with E-state index in [4.69, 9.17) is 4.98 Å². The number of aromatic nitrogens is 5. The van der Waals surface area contributed by atoms with Crippen LogP contribution in [0.5, 0.6) is 0 Å². The first kappa shape index (κ1) is 21.8. The predicted molar refractivity (Wildman–Crippen MR) is 131 cm³/mol. The Balaban J connectivity index is 1.71. The Bertz CT molecular complexity index is 1800. The minimum absolute atomic E-state index is 0.0258. The smallest absolute Gasteiger partial charge is 0.342 e. The molecule has 0 saturated heterocycles. The lowest BCUT2D eigenvalue weighted by Gasteiger charge is -2.11. The highest BCUT2D eigenvalue weighted by Gasteiger charge is 2.39. The molecule has 0 aliphatic carbocycles. The summed E-state index contributed by atoms with van der Waals surface area (Å²) in [5.41, 5.74) is 0.977. The van der Waals surface area contributed by atoms with Crippen molar-refractivity contribution in [3.05, 3.63) is 107 Å². The molecule has 0 atom stereocenters. The summed E-state index contributed by atoms with van der Waals surface area (Å²) < 4.78 is 44.8. The lowest BCUT2D eigenvalue weighted by Crippen LogP contribution is -2.21. The van der Waals surface area contributed by atoms with E-state index in [2.05, 4.69) is 10.1 Å². The number of H-pyrrole nitrogens is 1. The summed E-state index contributed by atoms with van der Waals surface area (Å²) in [5, 5.41) is 3.75. The third kappa shape index (κ3) is 3.31. The molecule has 0 aliphatic heterocycles. The van der Waals surface area contributed by atoms with Gasteiger partial charge in [0, 0.05) is 11.4 Å². The number of para-hydroxylation sites is 3. The number of alkyl halides is 3. The molecule has 6 nitrogen and oxygen atoms in total. The molecule has 3 aromatic heterocycles. The number of hydrogen-bond acceptors (Lipinski definition) is 3. The summed E-state index contributed by atoms with van der Waals surface area (Å²) in [7, 11) is 0. The number of fused-ring (bicyclic) bond motifs is 2. The standard InChI is InChI=1S/C27H18F3N5O/c1-16-21(24-32-19-14-8-9-15-20(19)34(24)18-12-6-3-7-13-18)26(36)35-25(31-16)22(17-10-4-2-5-11-17)23(33-35)27(28,29)30/h2-15,31H,1H3. The normalized spacial score (nSPS) is 12.0. The fourth-order valence-corrected chi connectivity index (χ4v) is 4.56. The molecular formula is C27H18F3N5O. The van der Waals surface area contributed by atoms with Crippen molar-refractivity contribution in [3.8, 4) is 28.2 Å². The number of benzene rings is 3. The fraction of sp³-hybridized carbons (Fsp3) is 0.0741. The van der Waals surface area contributed by atoms with Crippen molar-refractivity contribution in [2.24, 2.45) is 0 Å². The first-order valence-electron chi connectivity index (χ1n) is 11.2. The van der Waals surface area contributed by atoms with E-state index in [9.17, 15) is 18.0 Å². The van der Waals surface area contributed by atoms with E-state index in [0.717, 1.165) is 15.7 Å². The van der Waals surface area contributed by atoms with Crippen molar-refractivity contribution < 1.29 is 13.2 Å². The Labute approximate surface area is 202 Å². The van der Waals surface area contributed by atoms with E-state index in [1.165, 1.54) is 0 Å². The van der Waals surface area contributed by atoms with Gasteiger partial charge in [-0.1, -0.05) is 60.7 Å². The van der Waals surface area contributed by atoms with Crippen molar-refractivity contribution >= 4 is 16.7 Å². The van der Waals surface area contributed by atoms with Gasteiger partial charge < -0.3 is 4.98 Å². The summed E-state index contributed by atoms with van der Waals surface area (Å²) >= 11 is 0. The third-order valence-corrected chi connectivity index (χ3v) is 6.10. The molecule has 178 valence electrons. The molecule has 0 radical (unpaired) electrons. The lowest BCUT2D eigenvalue weighted by molar-refractivity contribution is -0.140. The molecule has 9 heteroatoms. The highest BCUT2D eigenvalue weighted by atomic mass is 19.4. The van der Waals surface area contributed by atoms with Gasteiger partial charge in [-0.05, 0) is 36.8 Å². The molecule has 0 bridgehead atoms. The summed E-state index contributed by atoms with van der Waals surface area (Å²) in [6, 6.07) is 24.9. The van der Waals surface area contributed by atoms with Gasteiger partial charge in [-0.3, -0.25) is 9.36 Å². The number of nitrogens with one attached hydrogen (secondary N) is 1. The van der Waals surface area contributed by atoms with Crippen LogP contribution in [0.3, 0.4) is 0 Å². The molecule has 0 amide bonds. The Morgan fingerprint density at radius 2 is 1.47 bits per heavy atom. The van der Waals surface area contributed by atoms with E-state index < -0.39 is 17.4 Å². The molecule has 6 rings (SSSR count). The minimum Gasteiger partial charge on any atom is -0.342 e. The Kier molecular flexibility index (Phi) is 4.82. The van der Waals surface area contributed by atoms with Gasteiger partial charge >= 0.3 is 6.18 Å². The molecule has 0 unspecified atom stereocenters. The molecule has 3 heterocycles. The van der Waals surface area contributed by atoms with E-state index >= 15 is 0 Å². The molecule has 0 saturated carbocycles. The maximum absolute atomic E-state index is 14.0. The summed E-state index contributed by atoms with van der Waals surface area (Å²) in [4.78, 5) is 21.5. The molecule has 0 fully saturated rings. The van der Waals surface area contributed by atoms with Crippen LogP contribution in [-0.4, -0.2) is 24.1 Å². The van der Waals surface area contributed by atoms with Gasteiger partial charge in [-0.25, -0.2) is 4.98 Å². The zero-order valence-corrected chi connectivity index (χ0v) is 18.9. The van der Waals surface area contributed by atoms with Crippen molar-refractivity contribution in [1.29, 1.82) is 0 Å². The van der Waals surface area contributed by atoms with Gasteiger partial charge in [0.15, 0.2) is 11.5 Å². The van der Waals surface area contributed by atoms with Crippen LogP contribution in [0.4, 0.5) is 13.2 Å². The van der Waals surface area contributed by atoms with E-state index in [-0.39, 0.29) is 16.8 Å². The predicted octanol–water partition coefficient (Wildman–Crippen LogP) is 6.02. The molecule has 3 aromatic carbocycles. The summed E-state index contributed by atoms with van der Waals surface area (Å²) in [6.07, 6.45) is -4.76. The van der Waals surface area contributed by atoms with Crippen molar-refractivity contribution in [3.63, 3.8) is 0 Å². The molecular weight excluding hydrogens is 467 g/mol. The molecule has 36 heavy (non-hydrogen) atoms. The highest BCUT2D eigenvalue weighted by Crippen LogP contribution is 2.38. The van der Waals surface area contributed by atoms with Crippen molar-refractivity contribution in [2.75, 3.05) is 0 Å². The third-order valence-electron chi connectivity index (χ3n) is 6.10. The fourth-order valence-electron chi connectivity index (χ4n) is 4.56. The van der Waals surface area contributed by atoms with Crippen LogP contribution >= 0.6 is 0 Å². The summed E-state index contributed by atoms with van der Waals surface area (Å²) in [5.74, 6) is 0.313. The number of halogens is 3. The van der Waals surface area contributed by atoms with Crippen LogP contribution in [-0.2, 0) is 6.18 Å². The average Bonchev–Trinajstić information content (AvgIpc) is 3.44. The van der Waals surface area contributed by atoms with Crippen molar-refractivity contribution in [2.45, 2.75) is 13.1 Å². The van der Waals surface area contributed by atoms with Gasteiger partial charge in [-0.2, -0.15) is 22.8 Å². The maximum atomic E-state index is 14.0. The number of hydrogen-bond donors (Lipinski definition) is 1. The van der Waals surface area contributed by atoms with Crippen molar-refractivity contribution in [1.82, 2.24) is 24.1 Å². The van der Waals surface area contributed by atoms with Crippen LogP contribution in [0, 0.1) is 6.92 Å². The first-order chi connectivity index (χ1) is 17.3. The van der Waals surface area contributed by atoms with Crippen LogP contribution < -0.4 is 5.56 Å². The second kappa shape index (κ2) is 7.94. The molecule has 1 N–H and O–H groups in total. The van der Waals surface area contributed by atoms with Gasteiger partial charge in [-0.15, -0.1) is 0 Å². The van der Waals surface area contributed by atoms with Gasteiger partial charge in [0.2, 0.25) is 0 Å². The summed E-state index contributed by atoms with van der Waals surface area (Å²) in [6.45, 7) is 1.65. The monoisotopic (exact) mass is 485 g/mol. The second-order valence-corrected chi connectivity index (χ2v) is 8.37. The number of rotatable bonds is 3.